The molecule has 1 aliphatic carbocycles. The van der Waals surface area contributed by atoms with Gasteiger partial charge in [-0.2, -0.15) is 0 Å². The van der Waals surface area contributed by atoms with E-state index < -0.39 is 9.84 Å². The highest BCUT2D eigenvalue weighted by Crippen LogP contribution is 2.34. The summed E-state index contributed by atoms with van der Waals surface area (Å²) in [6.07, 6.45) is 4.80. The Morgan fingerprint density at radius 3 is 2.67 bits per heavy atom. The Hall–Kier alpha value is -1.86. The summed E-state index contributed by atoms with van der Waals surface area (Å²) in [6, 6.07) is 7.08. The van der Waals surface area contributed by atoms with E-state index in [2.05, 4.69) is 15.0 Å². The van der Waals surface area contributed by atoms with Crippen molar-refractivity contribution in [3.8, 4) is 10.6 Å². The van der Waals surface area contributed by atoms with Crippen molar-refractivity contribution in [2.75, 3.05) is 0 Å². The van der Waals surface area contributed by atoms with E-state index in [1.807, 2.05) is 12.1 Å². The predicted molar refractivity (Wildman–Crippen MR) is 80.9 cm³/mol. The first-order valence-corrected chi connectivity index (χ1v) is 8.93. The van der Waals surface area contributed by atoms with Crippen LogP contribution in [-0.2, 0) is 9.84 Å². The molecule has 5 nitrogen and oxygen atoms in total. The lowest BCUT2D eigenvalue weighted by Gasteiger charge is -2.02. The maximum atomic E-state index is 12.1. The largest absolute Gasteiger partial charge is 0.244 e. The molecule has 0 atom stereocenters. The fraction of sp³-hybridized carbons (Fsp3) is 0.214. The van der Waals surface area contributed by atoms with Crippen molar-refractivity contribution in [2.24, 2.45) is 0 Å². The van der Waals surface area contributed by atoms with Gasteiger partial charge in [-0.15, -0.1) is 0 Å². The molecule has 1 aliphatic rings. The molecular weight excluding hydrogens is 306 g/mol. The van der Waals surface area contributed by atoms with Crippen LogP contribution in [0.1, 0.15) is 12.8 Å². The first-order chi connectivity index (χ1) is 10.1. The van der Waals surface area contributed by atoms with Crippen molar-refractivity contribution >= 4 is 31.5 Å². The van der Waals surface area contributed by atoms with Gasteiger partial charge < -0.3 is 0 Å². The third-order valence-corrected chi connectivity index (χ3v) is 6.61. The zero-order valence-electron chi connectivity index (χ0n) is 10.9. The second-order valence-electron chi connectivity index (χ2n) is 4.98. The summed E-state index contributed by atoms with van der Waals surface area (Å²) in [5, 5.41) is 0.724. The summed E-state index contributed by atoms with van der Waals surface area (Å²) in [6.45, 7) is 0. The number of pyridine rings is 2. The first-order valence-electron chi connectivity index (χ1n) is 6.56. The minimum atomic E-state index is -3.23. The molecule has 0 bridgehead atoms. The summed E-state index contributed by atoms with van der Waals surface area (Å²) < 4.78 is 24.2. The highest BCUT2D eigenvalue weighted by Gasteiger charge is 2.37. The van der Waals surface area contributed by atoms with Crippen LogP contribution in [0.15, 0.2) is 41.7 Å². The Balaban J connectivity index is 1.73. The number of thiazole rings is 1. The highest BCUT2D eigenvalue weighted by atomic mass is 32.2. The van der Waals surface area contributed by atoms with Crippen LogP contribution in [0, 0.1) is 0 Å². The van der Waals surface area contributed by atoms with Gasteiger partial charge in [0.25, 0.3) is 0 Å². The highest BCUT2D eigenvalue weighted by molar-refractivity contribution is 7.92. The maximum absolute atomic E-state index is 12.1. The van der Waals surface area contributed by atoms with Gasteiger partial charge in [-0.25, -0.2) is 23.4 Å². The van der Waals surface area contributed by atoms with Crippen LogP contribution in [0.25, 0.3) is 20.9 Å². The third kappa shape index (κ3) is 2.22. The molecule has 0 N–H and O–H groups in total. The maximum Gasteiger partial charge on any atom is 0.198 e. The van der Waals surface area contributed by atoms with E-state index in [0.29, 0.717) is 0 Å². The molecule has 3 heterocycles. The topological polar surface area (TPSA) is 72.8 Å². The van der Waals surface area contributed by atoms with Crippen molar-refractivity contribution in [3.63, 3.8) is 0 Å². The van der Waals surface area contributed by atoms with E-state index in [1.165, 1.54) is 11.3 Å². The van der Waals surface area contributed by atoms with Gasteiger partial charge in [0.05, 0.1) is 5.25 Å². The van der Waals surface area contributed by atoms with Gasteiger partial charge in [0.1, 0.15) is 15.4 Å². The third-order valence-electron chi connectivity index (χ3n) is 3.40. The Kier molecular flexibility index (Phi) is 2.80. The first kappa shape index (κ1) is 12.8. The quantitative estimate of drug-likeness (QED) is 0.742. The van der Waals surface area contributed by atoms with Crippen molar-refractivity contribution < 1.29 is 8.42 Å². The number of rotatable bonds is 3. The van der Waals surface area contributed by atoms with Crippen LogP contribution < -0.4 is 0 Å². The van der Waals surface area contributed by atoms with Crippen LogP contribution in [0.4, 0.5) is 0 Å². The Labute approximate surface area is 125 Å². The van der Waals surface area contributed by atoms with Crippen LogP contribution >= 0.6 is 11.3 Å². The van der Waals surface area contributed by atoms with Gasteiger partial charge in [0, 0.05) is 18.0 Å². The predicted octanol–water partition coefficient (Wildman–Crippen LogP) is 2.69. The number of fused-ring (bicyclic) bond motifs is 1. The smallest absolute Gasteiger partial charge is 0.198 e. The van der Waals surface area contributed by atoms with Crippen LogP contribution in [-0.4, -0.2) is 28.6 Å². The molecule has 21 heavy (non-hydrogen) atoms. The fourth-order valence-electron chi connectivity index (χ4n) is 2.12. The van der Waals surface area contributed by atoms with E-state index in [4.69, 9.17) is 0 Å². The molecule has 0 radical (unpaired) electrons. The molecule has 0 unspecified atom stereocenters. The summed E-state index contributed by atoms with van der Waals surface area (Å²) in [4.78, 5) is 13.7. The standard InChI is InChI=1S/C14H11N3O2S2/c18-21(19,10-4-5-10)12-6-3-9(8-16-12)13-17-11-2-1-7-15-14(11)20-13/h1-3,6-8,10H,4-5H2. The van der Waals surface area contributed by atoms with Gasteiger partial charge in [0.2, 0.25) is 0 Å². The van der Waals surface area contributed by atoms with Crippen molar-refractivity contribution in [1.29, 1.82) is 0 Å². The molecule has 1 saturated carbocycles. The molecule has 0 aromatic carbocycles. The molecule has 0 spiro atoms. The Morgan fingerprint density at radius 1 is 1.14 bits per heavy atom. The van der Waals surface area contributed by atoms with Crippen LogP contribution in [0.3, 0.4) is 0 Å². The summed E-state index contributed by atoms with van der Waals surface area (Å²) >= 11 is 1.47. The van der Waals surface area contributed by atoms with E-state index >= 15 is 0 Å². The number of hydrogen-bond donors (Lipinski definition) is 0. The zero-order valence-corrected chi connectivity index (χ0v) is 12.6. The normalized spacial score (nSPS) is 15.4. The Morgan fingerprint density at radius 2 is 2.00 bits per heavy atom. The van der Waals surface area contributed by atoms with E-state index in [1.54, 1.807) is 24.5 Å². The second-order valence-corrected chi connectivity index (χ2v) is 8.13. The minimum absolute atomic E-state index is 0.160. The van der Waals surface area contributed by atoms with Gasteiger partial charge in [-0.1, -0.05) is 11.3 Å². The van der Waals surface area contributed by atoms with Gasteiger partial charge >= 0.3 is 0 Å². The lowest BCUT2D eigenvalue weighted by molar-refractivity contribution is 0.591. The van der Waals surface area contributed by atoms with E-state index in [9.17, 15) is 8.42 Å². The number of nitrogens with zero attached hydrogens (tertiary/aromatic N) is 3. The SMILES string of the molecule is O=S(=O)(c1ccc(-c2nc3cccnc3s2)cn1)C1CC1. The van der Waals surface area contributed by atoms with Crippen LogP contribution in [0.5, 0.6) is 0 Å². The summed E-state index contributed by atoms with van der Waals surface area (Å²) in [5.41, 5.74) is 1.65. The zero-order chi connectivity index (χ0) is 14.4. The molecule has 3 aromatic rings. The average Bonchev–Trinajstić information content (AvgIpc) is 3.27. The molecule has 0 saturated heterocycles. The number of hydrogen-bond acceptors (Lipinski definition) is 6. The lowest BCUT2D eigenvalue weighted by Crippen LogP contribution is -2.08. The fourth-order valence-corrected chi connectivity index (χ4v) is 4.57. The monoisotopic (exact) mass is 317 g/mol. The van der Waals surface area contributed by atoms with Gasteiger partial charge in [0.15, 0.2) is 14.9 Å². The van der Waals surface area contributed by atoms with Gasteiger partial charge in [-0.3, -0.25) is 0 Å². The van der Waals surface area contributed by atoms with Gasteiger partial charge in [-0.05, 0) is 37.1 Å². The second kappa shape index (κ2) is 4.57. The van der Waals surface area contributed by atoms with Crippen molar-refractivity contribution in [1.82, 2.24) is 15.0 Å². The molecule has 7 heteroatoms. The Bertz CT molecular complexity index is 880. The van der Waals surface area contributed by atoms with Crippen LogP contribution in [0.2, 0.25) is 0 Å². The summed E-state index contributed by atoms with van der Waals surface area (Å²) in [5.74, 6) is 0. The van der Waals surface area contributed by atoms with E-state index in [0.717, 1.165) is 33.8 Å². The molecule has 0 amide bonds. The summed E-state index contributed by atoms with van der Waals surface area (Å²) in [7, 11) is -3.23. The lowest BCUT2D eigenvalue weighted by atomic mass is 10.3. The average molecular weight is 317 g/mol. The van der Waals surface area contributed by atoms with Crippen molar-refractivity contribution in [3.05, 3.63) is 36.7 Å². The van der Waals surface area contributed by atoms with E-state index in [-0.39, 0.29) is 10.3 Å². The minimum Gasteiger partial charge on any atom is -0.244 e. The number of sulfone groups is 1. The molecule has 1 fully saturated rings. The molecule has 106 valence electrons. The van der Waals surface area contributed by atoms with Crippen molar-refractivity contribution in [2.45, 2.75) is 23.1 Å². The molecule has 3 aromatic heterocycles. The molecule has 0 aliphatic heterocycles. The number of aromatic nitrogens is 3. The molecular formula is C14H11N3O2S2. The molecule has 4 rings (SSSR count).